The molecule has 5 nitrogen and oxygen atoms in total. The van der Waals surface area contributed by atoms with E-state index in [-0.39, 0.29) is 11.7 Å². The molecule has 1 heterocycles. The average molecular weight is 300 g/mol. The molecule has 3 aromatic rings. The maximum atomic E-state index is 13.4. The number of benzene rings is 2. The number of rotatable bonds is 4. The molecule has 0 spiro atoms. The topological polar surface area (TPSA) is 53.5 Å². The van der Waals surface area contributed by atoms with Crippen molar-refractivity contribution in [2.75, 3.05) is 14.2 Å². The highest BCUT2D eigenvalue weighted by atomic mass is 19.1. The van der Waals surface area contributed by atoms with Gasteiger partial charge in [0.2, 0.25) is 5.88 Å². The molecule has 0 atom stereocenters. The van der Waals surface area contributed by atoms with E-state index in [1.165, 1.54) is 18.5 Å². The van der Waals surface area contributed by atoms with E-state index in [0.717, 1.165) is 0 Å². The number of hydrogen-bond acceptors (Lipinski definition) is 5. The minimum Gasteiger partial charge on any atom is -0.496 e. The largest absolute Gasteiger partial charge is 0.496 e. The van der Waals surface area contributed by atoms with E-state index in [1.807, 2.05) is 0 Å². The first-order valence-electron chi connectivity index (χ1n) is 6.51. The number of fused-ring (bicyclic) bond motifs is 1. The van der Waals surface area contributed by atoms with Crippen LogP contribution in [-0.4, -0.2) is 24.2 Å². The van der Waals surface area contributed by atoms with Crippen molar-refractivity contribution in [3.63, 3.8) is 0 Å². The van der Waals surface area contributed by atoms with Crippen LogP contribution in [0.4, 0.5) is 4.39 Å². The first-order chi connectivity index (χ1) is 10.7. The summed E-state index contributed by atoms with van der Waals surface area (Å²) in [7, 11) is 3.10. The summed E-state index contributed by atoms with van der Waals surface area (Å²) in [5.74, 6) is 1.52. The van der Waals surface area contributed by atoms with Crippen LogP contribution in [0, 0.1) is 5.82 Å². The van der Waals surface area contributed by atoms with E-state index >= 15 is 0 Å². The molecule has 0 radical (unpaired) electrons. The first kappa shape index (κ1) is 14.1. The van der Waals surface area contributed by atoms with E-state index in [2.05, 4.69) is 9.97 Å². The Kier molecular flexibility index (Phi) is 3.74. The van der Waals surface area contributed by atoms with Crippen LogP contribution in [0.5, 0.6) is 23.1 Å². The molecule has 0 saturated heterocycles. The molecule has 1 aromatic heterocycles. The summed E-state index contributed by atoms with van der Waals surface area (Å²) in [4.78, 5) is 8.16. The van der Waals surface area contributed by atoms with Crippen molar-refractivity contribution < 1.29 is 18.6 Å². The summed E-state index contributed by atoms with van der Waals surface area (Å²) < 4.78 is 29.6. The van der Waals surface area contributed by atoms with Crippen molar-refractivity contribution in [3.8, 4) is 23.1 Å². The molecule has 3 rings (SSSR count). The van der Waals surface area contributed by atoms with Crippen LogP contribution in [-0.2, 0) is 0 Å². The number of hydrogen-bond donors (Lipinski definition) is 0. The zero-order chi connectivity index (χ0) is 15.5. The second-order valence-corrected chi connectivity index (χ2v) is 4.49. The van der Waals surface area contributed by atoms with Gasteiger partial charge in [-0.3, -0.25) is 0 Å². The Morgan fingerprint density at radius 2 is 1.55 bits per heavy atom. The molecule has 2 aromatic carbocycles. The maximum Gasteiger partial charge on any atom is 0.230 e. The molecular weight excluding hydrogens is 287 g/mol. The van der Waals surface area contributed by atoms with Crippen LogP contribution in [0.3, 0.4) is 0 Å². The monoisotopic (exact) mass is 300 g/mol. The van der Waals surface area contributed by atoms with Crippen LogP contribution in [0.1, 0.15) is 0 Å². The van der Waals surface area contributed by atoms with E-state index in [4.69, 9.17) is 14.2 Å². The van der Waals surface area contributed by atoms with Gasteiger partial charge in [-0.2, -0.15) is 0 Å². The number of halogens is 1. The quantitative estimate of drug-likeness (QED) is 0.737. The molecule has 0 unspecified atom stereocenters. The van der Waals surface area contributed by atoms with E-state index < -0.39 is 0 Å². The zero-order valence-corrected chi connectivity index (χ0v) is 12.0. The predicted molar refractivity (Wildman–Crippen MR) is 79.1 cm³/mol. The van der Waals surface area contributed by atoms with Gasteiger partial charge >= 0.3 is 0 Å². The third-order valence-corrected chi connectivity index (χ3v) is 3.10. The number of methoxy groups -OCH3 is 2. The van der Waals surface area contributed by atoms with E-state index in [9.17, 15) is 4.39 Å². The lowest BCUT2D eigenvalue weighted by atomic mass is 10.2. The minimum atomic E-state index is -0.379. The number of nitrogens with zero attached hydrogens (tertiary/aromatic N) is 2. The lowest BCUT2D eigenvalue weighted by molar-refractivity contribution is 0.385. The average Bonchev–Trinajstić information content (AvgIpc) is 2.55. The lowest BCUT2D eigenvalue weighted by Crippen LogP contribution is -1.94. The Hall–Kier alpha value is -2.89. The van der Waals surface area contributed by atoms with Gasteiger partial charge in [-0.25, -0.2) is 14.4 Å². The third kappa shape index (κ3) is 2.76. The van der Waals surface area contributed by atoms with Crippen molar-refractivity contribution in [1.29, 1.82) is 0 Å². The van der Waals surface area contributed by atoms with Crippen molar-refractivity contribution in [1.82, 2.24) is 9.97 Å². The second-order valence-electron chi connectivity index (χ2n) is 4.49. The molecule has 0 saturated carbocycles. The highest BCUT2D eigenvalue weighted by Crippen LogP contribution is 2.32. The highest BCUT2D eigenvalue weighted by Gasteiger charge is 2.09. The molecule has 0 aliphatic heterocycles. The summed E-state index contributed by atoms with van der Waals surface area (Å²) in [5.41, 5.74) is 0.598. The summed E-state index contributed by atoms with van der Waals surface area (Å²) in [5, 5.41) is 0.490. The van der Waals surface area contributed by atoms with Crippen LogP contribution in [0.2, 0.25) is 0 Å². The van der Waals surface area contributed by atoms with Gasteiger partial charge in [0, 0.05) is 18.2 Å². The summed E-state index contributed by atoms with van der Waals surface area (Å²) >= 11 is 0. The van der Waals surface area contributed by atoms with Crippen LogP contribution < -0.4 is 14.2 Å². The van der Waals surface area contributed by atoms with Gasteiger partial charge in [0.15, 0.2) is 0 Å². The standard InChI is InChI=1S/C16H13FN2O3/c1-20-11-6-12(21-2)8-13(7-11)22-16-14-5-10(17)3-4-15(14)18-9-19-16/h3-9H,1-2H3. The highest BCUT2D eigenvalue weighted by molar-refractivity contribution is 5.83. The number of ether oxygens (including phenoxy) is 3. The van der Waals surface area contributed by atoms with Crippen molar-refractivity contribution in [2.45, 2.75) is 0 Å². The third-order valence-electron chi connectivity index (χ3n) is 3.10. The van der Waals surface area contributed by atoms with Crippen molar-refractivity contribution >= 4 is 10.9 Å². The normalized spacial score (nSPS) is 10.5. The fourth-order valence-electron chi connectivity index (χ4n) is 2.04. The van der Waals surface area contributed by atoms with Gasteiger partial charge < -0.3 is 14.2 Å². The van der Waals surface area contributed by atoms with Crippen LogP contribution in [0.15, 0.2) is 42.7 Å². The lowest BCUT2D eigenvalue weighted by Gasteiger charge is -2.10. The fourth-order valence-corrected chi connectivity index (χ4v) is 2.04. The molecule has 0 fully saturated rings. The molecule has 112 valence electrons. The zero-order valence-electron chi connectivity index (χ0n) is 12.0. The number of aromatic nitrogens is 2. The Balaban J connectivity index is 2.04. The summed E-state index contributed by atoms with van der Waals surface area (Å²) in [6, 6.07) is 9.36. The molecule has 0 amide bonds. The van der Waals surface area contributed by atoms with Crippen LogP contribution in [0.25, 0.3) is 10.9 Å². The SMILES string of the molecule is COc1cc(OC)cc(Oc2ncnc3ccc(F)cc23)c1. The Labute approximate surface area is 126 Å². The molecular formula is C16H13FN2O3. The summed E-state index contributed by atoms with van der Waals surface area (Å²) in [6.07, 6.45) is 1.37. The molecule has 0 N–H and O–H groups in total. The van der Waals surface area contributed by atoms with Gasteiger partial charge in [0.05, 0.1) is 25.1 Å². The molecule has 6 heteroatoms. The van der Waals surface area contributed by atoms with Crippen molar-refractivity contribution in [2.24, 2.45) is 0 Å². The minimum absolute atomic E-state index is 0.264. The molecule has 0 aliphatic rings. The Bertz CT molecular complexity index is 801. The fraction of sp³-hybridized carbons (Fsp3) is 0.125. The predicted octanol–water partition coefficient (Wildman–Crippen LogP) is 3.58. The first-order valence-corrected chi connectivity index (χ1v) is 6.51. The summed E-state index contributed by atoms with van der Waals surface area (Å²) in [6.45, 7) is 0. The van der Waals surface area contributed by atoms with Crippen LogP contribution >= 0.6 is 0 Å². The second kappa shape index (κ2) is 5.85. The maximum absolute atomic E-state index is 13.4. The van der Waals surface area contributed by atoms with Gasteiger partial charge in [-0.15, -0.1) is 0 Å². The molecule has 0 bridgehead atoms. The van der Waals surface area contributed by atoms with Gasteiger partial charge in [0.25, 0.3) is 0 Å². The van der Waals surface area contributed by atoms with E-state index in [1.54, 1.807) is 38.5 Å². The van der Waals surface area contributed by atoms with Crippen molar-refractivity contribution in [3.05, 3.63) is 48.5 Å². The Morgan fingerprint density at radius 3 is 2.23 bits per heavy atom. The molecule has 22 heavy (non-hydrogen) atoms. The van der Waals surface area contributed by atoms with Gasteiger partial charge in [-0.1, -0.05) is 0 Å². The van der Waals surface area contributed by atoms with Gasteiger partial charge in [0.1, 0.15) is 29.4 Å². The smallest absolute Gasteiger partial charge is 0.230 e. The van der Waals surface area contributed by atoms with Gasteiger partial charge in [-0.05, 0) is 18.2 Å². The molecule has 0 aliphatic carbocycles. The Morgan fingerprint density at radius 1 is 0.864 bits per heavy atom. The van der Waals surface area contributed by atoms with E-state index in [0.29, 0.717) is 28.2 Å².